The van der Waals surface area contributed by atoms with Gasteiger partial charge in [-0.2, -0.15) is 0 Å². The highest BCUT2D eigenvalue weighted by Crippen LogP contribution is 2.40. The zero-order chi connectivity index (χ0) is 11.2. The SMILES string of the molecule is Cl.c1cc2c3c(cccc3c1)C(c1ncc[nH]1)C2. The Balaban J connectivity index is 0.000001000. The Morgan fingerprint density at radius 3 is 2.72 bits per heavy atom. The zero-order valence-electron chi connectivity index (χ0n) is 9.76. The molecule has 2 aromatic carbocycles. The smallest absolute Gasteiger partial charge is 0.113 e. The summed E-state index contributed by atoms with van der Waals surface area (Å²) in [6.45, 7) is 0. The quantitative estimate of drug-likeness (QED) is 0.707. The van der Waals surface area contributed by atoms with Crippen molar-refractivity contribution < 1.29 is 0 Å². The molecule has 0 bridgehead atoms. The zero-order valence-corrected chi connectivity index (χ0v) is 10.6. The first-order chi connectivity index (χ1) is 8.43. The Hall–Kier alpha value is -1.80. The maximum Gasteiger partial charge on any atom is 0.113 e. The first kappa shape index (κ1) is 11.3. The number of aromatic nitrogens is 2. The minimum atomic E-state index is 0. The molecule has 1 heterocycles. The number of benzene rings is 2. The van der Waals surface area contributed by atoms with Gasteiger partial charge in [-0.1, -0.05) is 36.4 Å². The van der Waals surface area contributed by atoms with Crippen molar-refractivity contribution in [3.8, 4) is 0 Å². The molecule has 18 heavy (non-hydrogen) atoms. The van der Waals surface area contributed by atoms with Crippen LogP contribution in [0.25, 0.3) is 10.8 Å². The monoisotopic (exact) mass is 256 g/mol. The van der Waals surface area contributed by atoms with Crippen LogP contribution < -0.4 is 0 Å². The predicted molar refractivity (Wildman–Crippen MR) is 75.3 cm³/mol. The van der Waals surface area contributed by atoms with E-state index < -0.39 is 0 Å². The Kier molecular flexibility index (Phi) is 2.60. The van der Waals surface area contributed by atoms with Crippen LogP contribution in [0, 0.1) is 0 Å². The lowest BCUT2D eigenvalue weighted by Gasteiger charge is -2.07. The summed E-state index contributed by atoms with van der Waals surface area (Å²) in [6.07, 6.45) is 4.79. The molecule has 90 valence electrons. The van der Waals surface area contributed by atoms with E-state index in [1.807, 2.05) is 12.4 Å². The van der Waals surface area contributed by atoms with E-state index in [0.717, 1.165) is 12.2 Å². The molecule has 3 aromatic rings. The number of halogens is 1. The summed E-state index contributed by atoms with van der Waals surface area (Å²) < 4.78 is 0. The number of imidazole rings is 1. The van der Waals surface area contributed by atoms with Crippen molar-refractivity contribution in [1.82, 2.24) is 9.97 Å². The summed E-state index contributed by atoms with van der Waals surface area (Å²) in [4.78, 5) is 7.66. The molecular formula is C15H13ClN2. The molecule has 0 fully saturated rings. The summed E-state index contributed by atoms with van der Waals surface area (Å²) >= 11 is 0. The lowest BCUT2D eigenvalue weighted by atomic mass is 9.99. The fourth-order valence-corrected chi connectivity index (χ4v) is 2.95. The number of nitrogens with zero attached hydrogens (tertiary/aromatic N) is 1. The summed E-state index contributed by atoms with van der Waals surface area (Å²) in [6, 6.07) is 13.1. The van der Waals surface area contributed by atoms with Gasteiger partial charge in [0.1, 0.15) is 5.82 Å². The van der Waals surface area contributed by atoms with E-state index in [4.69, 9.17) is 0 Å². The lowest BCUT2D eigenvalue weighted by Crippen LogP contribution is -2.00. The van der Waals surface area contributed by atoms with Crippen molar-refractivity contribution in [3.63, 3.8) is 0 Å². The topological polar surface area (TPSA) is 28.7 Å². The standard InChI is InChI=1S/C15H12N2.ClH/c1-3-10-4-2-6-12-13(15-16-7-8-17-15)9-11(5-1)14(10)12;/h1-8,13H,9H2,(H,16,17);1H. The van der Waals surface area contributed by atoms with Crippen LogP contribution in [0.2, 0.25) is 0 Å². The van der Waals surface area contributed by atoms with E-state index in [-0.39, 0.29) is 12.4 Å². The molecule has 4 rings (SSSR count). The Morgan fingerprint density at radius 1 is 1.11 bits per heavy atom. The Morgan fingerprint density at radius 2 is 1.94 bits per heavy atom. The highest BCUT2D eigenvalue weighted by atomic mass is 35.5. The average Bonchev–Trinajstić information content (AvgIpc) is 2.98. The minimum absolute atomic E-state index is 0. The highest BCUT2D eigenvalue weighted by molar-refractivity contribution is 5.91. The number of nitrogens with one attached hydrogen (secondary N) is 1. The third-order valence-electron chi connectivity index (χ3n) is 3.67. The molecular weight excluding hydrogens is 244 g/mol. The summed E-state index contributed by atoms with van der Waals surface area (Å²) in [5.74, 6) is 1.47. The van der Waals surface area contributed by atoms with Crippen LogP contribution in [0.5, 0.6) is 0 Å². The van der Waals surface area contributed by atoms with Crippen LogP contribution in [0.15, 0.2) is 48.8 Å². The van der Waals surface area contributed by atoms with Gasteiger partial charge in [-0.15, -0.1) is 12.4 Å². The second-order valence-corrected chi connectivity index (χ2v) is 4.59. The van der Waals surface area contributed by atoms with E-state index in [9.17, 15) is 0 Å². The molecule has 1 aliphatic rings. The molecule has 0 saturated carbocycles. The van der Waals surface area contributed by atoms with Crippen LogP contribution in [-0.4, -0.2) is 9.97 Å². The molecule has 1 unspecified atom stereocenters. The normalized spacial score (nSPS) is 16.8. The molecule has 0 radical (unpaired) electrons. The van der Waals surface area contributed by atoms with Gasteiger partial charge in [-0.05, 0) is 28.3 Å². The van der Waals surface area contributed by atoms with Crippen LogP contribution in [0.3, 0.4) is 0 Å². The largest absolute Gasteiger partial charge is 0.348 e. The van der Waals surface area contributed by atoms with E-state index >= 15 is 0 Å². The molecule has 0 saturated heterocycles. The predicted octanol–water partition coefficient (Wildman–Crippen LogP) is 3.67. The molecule has 1 aromatic heterocycles. The Bertz CT molecular complexity index is 684. The molecule has 1 atom stereocenters. The van der Waals surface area contributed by atoms with Crippen molar-refractivity contribution >= 4 is 23.2 Å². The maximum absolute atomic E-state index is 4.41. The molecule has 0 amide bonds. The van der Waals surface area contributed by atoms with Gasteiger partial charge >= 0.3 is 0 Å². The highest BCUT2D eigenvalue weighted by Gasteiger charge is 2.26. The number of H-pyrrole nitrogens is 1. The van der Waals surface area contributed by atoms with Crippen LogP contribution in [0.1, 0.15) is 22.9 Å². The molecule has 1 aliphatic carbocycles. The van der Waals surface area contributed by atoms with Gasteiger partial charge < -0.3 is 4.98 Å². The van der Waals surface area contributed by atoms with Gasteiger partial charge in [0.15, 0.2) is 0 Å². The van der Waals surface area contributed by atoms with Gasteiger partial charge in [0, 0.05) is 18.3 Å². The summed E-state index contributed by atoms with van der Waals surface area (Å²) in [5.41, 5.74) is 2.85. The van der Waals surface area contributed by atoms with Crippen molar-refractivity contribution in [2.75, 3.05) is 0 Å². The molecule has 0 aliphatic heterocycles. The van der Waals surface area contributed by atoms with E-state index in [1.54, 1.807) is 0 Å². The van der Waals surface area contributed by atoms with Crippen molar-refractivity contribution in [2.24, 2.45) is 0 Å². The fraction of sp³-hybridized carbons (Fsp3) is 0.133. The molecule has 1 N–H and O–H groups in total. The van der Waals surface area contributed by atoms with Crippen molar-refractivity contribution in [1.29, 1.82) is 0 Å². The fourth-order valence-electron chi connectivity index (χ4n) is 2.95. The van der Waals surface area contributed by atoms with E-state index in [0.29, 0.717) is 5.92 Å². The van der Waals surface area contributed by atoms with Gasteiger partial charge in [0.2, 0.25) is 0 Å². The minimum Gasteiger partial charge on any atom is -0.348 e. The summed E-state index contributed by atoms with van der Waals surface area (Å²) in [7, 11) is 0. The first-order valence-electron chi connectivity index (χ1n) is 5.93. The summed E-state index contributed by atoms with van der Waals surface area (Å²) in [5, 5.41) is 2.77. The average molecular weight is 257 g/mol. The van der Waals surface area contributed by atoms with Gasteiger partial charge in [0.25, 0.3) is 0 Å². The Labute approximate surface area is 111 Å². The van der Waals surface area contributed by atoms with Gasteiger partial charge in [-0.25, -0.2) is 4.98 Å². The van der Waals surface area contributed by atoms with Crippen LogP contribution in [0.4, 0.5) is 0 Å². The third kappa shape index (κ3) is 1.46. The van der Waals surface area contributed by atoms with Crippen molar-refractivity contribution in [3.05, 3.63) is 65.7 Å². The number of aromatic amines is 1. The van der Waals surface area contributed by atoms with Gasteiger partial charge in [0.05, 0.1) is 0 Å². The van der Waals surface area contributed by atoms with Crippen LogP contribution in [-0.2, 0) is 6.42 Å². The second kappa shape index (κ2) is 4.14. The van der Waals surface area contributed by atoms with E-state index in [1.165, 1.54) is 21.9 Å². The molecule has 2 nitrogen and oxygen atoms in total. The van der Waals surface area contributed by atoms with Gasteiger partial charge in [-0.3, -0.25) is 0 Å². The maximum atomic E-state index is 4.41. The number of rotatable bonds is 1. The van der Waals surface area contributed by atoms with Crippen molar-refractivity contribution in [2.45, 2.75) is 12.3 Å². The second-order valence-electron chi connectivity index (χ2n) is 4.59. The first-order valence-corrected chi connectivity index (χ1v) is 5.93. The van der Waals surface area contributed by atoms with Crippen LogP contribution >= 0.6 is 12.4 Å². The molecule has 3 heteroatoms. The van der Waals surface area contributed by atoms with E-state index in [2.05, 4.69) is 46.4 Å². The third-order valence-corrected chi connectivity index (χ3v) is 3.67. The number of hydrogen-bond donors (Lipinski definition) is 1. The number of hydrogen-bond acceptors (Lipinski definition) is 1. The molecule has 0 spiro atoms. The lowest BCUT2D eigenvalue weighted by molar-refractivity contribution is 0.785.